The maximum atomic E-state index is 10.8. The molecule has 2 aromatic rings. The second-order valence-electron chi connectivity index (χ2n) is 5.37. The number of benzene rings is 1. The highest BCUT2D eigenvalue weighted by molar-refractivity contribution is 5.83. The van der Waals surface area contributed by atoms with Gasteiger partial charge in [-0.05, 0) is 32.0 Å². The van der Waals surface area contributed by atoms with Gasteiger partial charge in [-0.15, -0.1) is 0 Å². The molecule has 1 N–H and O–H groups in total. The van der Waals surface area contributed by atoms with Gasteiger partial charge >= 0.3 is 0 Å². The second kappa shape index (κ2) is 6.09. The summed E-state index contributed by atoms with van der Waals surface area (Å²) in [6.07, 6.45) is 5.55. The first-order valence-electron chi connectivity index (χ1n) is 7.26. The lowest BCUT2D eigenvalue weighted by Gasteiger charge is -2.29. The smallest absolute Gasteiger partial charge is 0.293 e. The number of rotatable bonds is 5. The van der Waals surface area contributed by atoms with E-state index in [9.17, 15) is 4.79 Å². The first kappa shape index (κ1) is 13.2. The van der Waals surface area contributed by atoms with Crippen molar-refractivity contribution < 1.29 is 9.53 Å². The number of piperidine rings is 1. The molecule has 4 heteroatoms. The minimum Gasteiger partial charge on any atom is -0.458 e. The number of hydrogen-bond acceptors (Lipinski definition) is 3. The van der Waals surface area contributed by atoms with Crippen LogP contribution in [0.1, 0.15) is 30.9 Å². The van der Waals surface area contributed by atoms with Crippen molar-refractivity contribution in [2.24, 2.45) is 0 Å². The fraction of sp³-hybridized carbons (Fsp3) is 0.438. The predicted molar refractivity (Wildman–Crippen MR) is 78.5 cm³/mol. The summed E-state index contributed by atoms with van der Waals surface area (Å²) >= 11 is 0. The Bertz CT molecular complexity index is 573. The maximum absolute atomic E-state index is 10.8. The number of ether oxygens (including phenoxy) is 1. The Labute approximate surface area is 118 Å². The topological polar surface area (TPSA) is 45.3 Å². The minimum atomic E-state index is -0.193. The summed E-state index contributed by atoms with van der Waals surface area (Å²) in [5, 5.41) is 1.14. The number of aromatic nitrogens is 1. The molecule has 0 radical (unpaired) electrons. The molecule has 20 heavy (non-hydrogen) atoms. The Balaban J connectivity index is 1.83. The van der Waals surface area contributed by atoms with E-state index in [0.717, 1.165) is 36.1 Å². The number of carbonyl (C=O) groups is 1. The lowest BCUT2D eigenvalue weighted by Crippen LogP contribution is -2.34. The third kappa shape index (κ3) is 2.70. The SMILES string of the molecule is O=COC(CN1CCCCC1)c1c[nH]c2ccccc12. The minimum absolute atomic E-state index is 0.193. The molecule has 1 unspecified atom stereocenters. The summed E-state index contributed by atoms with van der Waals surface area (Å²) in [7, 11) is 0. The molecule has 2 heterocycles. The van der Waals surface area contributed by atoms with Crippen LogP contribution in [0.4, 0.5) is 0 Å². The van der Waals surface area contributed by atoms with E-state index in [1.165, 1.54) is 19.3 Å². The molecule has 0 spiro atoms. The number of carbonyl (C=O) groups excluding carboxylic acids is 1. The van der Waals surface area contributed by atoms with Crippen LogP contribution in [-0.4, -0.2) is 36.0 Å². The van der Waals surface area contributed by atoms with Crippen LogP contribution >= 0.6 is 0 Å². The van der Waals surface area contributed by atoms with Crippen molar-refractivity contribution in [3.8, 4) is 0 Å². The summed E-state index contributed by atoms with van der Waals surface area (Å²) in [5.41, 5.74) is 2.15. The fourth-order valence-corrected chi connectivity index (χ4v) is 3.02. The van der Waals surface area contributed by atoms with Crippen molar-refractivity contribution in [2.75, 3.05) is 19.6 Å². The summed E-state index contributed by atoms with van der Waals surface area (Å²) in [5.74, 6) is 0. The number of hydrogen-bond donors (Lipinski definition) is 1. The standard InChI is InChI=1S/C16H20N2O2/c19-12-20-16(11-18-8-4-1-5-9-18)14-10-17-15-7-3-2-6-13(14)15/h2-3,6-7,10,12,16-17H,1,4-5,8-9,11H2. The van der Waals surface area contributed by atoms with Gasteiger partial charge in [-0.25, -0.2) is 0 Å². The number of nitrogens with one attached hydrogen (secondary N) is 1. The molecule has 1 aromatic heterocycles. The first-order valence-corrected chi connectivity index (χ1v) is 7.26. The van der Waals surface area contributed by atoms with Crippen molar-refractivity contribution in [2.45, 2.75) is 25.4 Å². The van der Waals surface area contributed by atoms with Gasteiger partial charge in [0, 0.05) is 29.2 Å². The molecular formula is C16H20N2O2. The molecule has 3 rings (SSSR count). The van der Waals surface area contributed by atoms with Crippen LogP contribution in [0.25, 0.3) is 10.9 Å². The average molecular weight is 272 g/mol. The van der Waals surface area contributed by atoms with Crippen LogP contribution in [0, 0.1) is 0 Å². The van der Waals surface area contributed by atoms with Crippen molar-refractivity contribution in [1.29, 1.82) is 0 Å². The Hall–Kier alpha value is -1.81. The Morgan fingerprint density at radius 2 is 2.05 bits per heavy atom. The molecular weight excluding hydrogens is 252 g/mol. The largest absolute Gasteiger partial charge is 0.458 e. The summed E-state index contributed by atoms with van der Waals surface area (Å²) in [6, 6.07) is 8.12. The number of aromatic amines is 1. The van der Waals surface area contributed by atoms with Gasteiger partial charge in [0.25, 0.3) is 6.47 Å². The summed E-state index contributed by atoms with van der Waals surface area (Å²) in [4.78, 5) is 16.5. The summed E-state index contributed by atoms with van der Waals surface area (Å²) in [6.45, 7) is 3.54. The fourth-order valence-electron chi connectivity index (χ4n) is 3.02. The van der Waals surface area contributed by atoms with Gasteiger partial charge in [-0.1, -0.05) is 24.6 Å². The van der Waals surface area contributed by atoms with Crippen molar-refractivity contribution in [3.63, 3.8) is 0 Å². The van der Waals surface area contributed by atoms with Gasteiger partial charge in [-0.3, -0.25) is 9.69 Å². The normalized spacial score (nSPS) is 18.0. The van der Waals surface area contributed by atoms with E-state index in [-0.39, 0.29) is 6.10 Å². The molecule has 4 nitrogen and oxygen atoms in total. The van der Waals surface area contributed by atoms with Crippen LogP contribution in [-0.2, 0) is 9.53 Å². The quantitative estimate of drug-likeness (QED) is 0.851. The van der Waals surface area contributed by atoms with Gasteiger partial charge in [0.15, 0.2) is 0 Å². The van der Waals surface area contributed by atoms with Gasteiger partial charge in [0.05, 0.1) is 0 Å². The number of para-hydroxylation sites is 1. The van der Waals surface area contributed by atoms with E-state index < -0.39 is 0 Å². The number of H-pyrrole nitrogens is 1. The third-order valence-electron chi connectivity index (χ3n) is 4.06. The van der Waals surface area contributed by atoms with Crippen LogP contribution in [0.3, 0.4) is 0 Å². The Morgan fingerprint density at radius 1 is 1.25 bits per heavy atom. The van der Waals surface area contributed by atoms with Crippen molar-refractivity contribution in [3.05, 3.63) is 36.0 Å². The number of likely N-dealkylation sites (tertiary alicyclic amines) is 1. The molecule has 0 amide bonds. The molecule has 1 saturated heterocycles. The number of nitrogens with zero attached hydrogens (tertiary/aromatic N) is 1. The average Bonchev–Trinajstić information content (AvgIpc) is 2.92. The molecule has 1 aromatic carbocycles. The van der Waals surface area contributed by atoms with Crippen LogP contribution in [0.15, 0.2) is 30.5 Å². The molecule has 0 bridgehead atoms. The van der Waals surface area contributed by atoms with E-state index in [1.54, 1.807) is 0 Å². The van der Waals surface area contributed by atoms with E-state index in [1.807, 2.05) is 24.4 Å². The molecule has 0 saturated carbocycles. The van der Waals surface area contributed by atoms with Gasteiger partial charge in [-0.2, -0.15) is 0 Å². The highest BCUT2D eigenvalue weighted by Crippen LogP contribution is 2.27. The highest BCUT2D eigenvalue weighted by atomic mass is 16.5. The van der Waals surface area contributed by atoms with E-state index in [0.29, 0.717) is 6.47 Å². The lowest BCUT2D eigenvalue weighted by atomic mass is 10.1. The summed E-state index contributed by atoms with van der Waals surface area (Å²) < 4.78 is 5.35. The number of fused-ring (bicyclic) bond motifs is 1. The molecule has 106 valence electrons. The van der Waals surface area contributed by atoms with E-state index in [4.69, 9.17) is 4.74 Å². The van der Waals surface area contributed by atoms with E-state index >= 15 is 0 Å². The lowest BCUT2D eigenvalue weighted by molar-refractivity contribution is -0.134. The zero-order valence-corrected chi connectivity index (χ0v) is 11.5. The van der Waals surface area contributed by atoms with Crippen molar-refractivity contribution >= 4 is 17.4 Å². The van der Waals surface area contributed by atoms with Crippen LogP contribution in [0.5, 0.6) is 0 Å². The van der Waals surface area contributed by atoms with Crippen LogP contribution < -0.4 is 0 Å². The van der Waals surface area contributed by atoms with Crippen LogP contribution in [0.2, 0.25) is 0 Å². The molecule has 1 fully saturated rings. The predicted octanol–water partition coefficient (Wildman–Crippen LogP) is 2.87. The molecule has 1 aliphatic rings. The van der Waals surface area contributed by atoms with Gasteiger partial charge in [0.2, 0.25) is 0 Å². The van der Waals surface area contributed by atoms with Crippen molar-refractivity contribution in [1.82, 2.24) is 9.88 Å². The first-order chi connectivity index (χ1) is 9.88. The Kier molecular flexibility index (Phi) is 4.02. The van der Waals surface area contributed by atoms with Gasteiger partial charge in [0.1, 0.15) is 6.10 Å². The zero-order chi connectivity index (χ0) is 13.8. The maximum Gasteiger partial charge on any atom is 0.293 e. The monoisotopic (exact) mass is 272 g/mol. The van der Waals surface area contributed by atoms with E-state index in [2.05, 4.69) is 16.0 Å². The molecule has 1 aliphatic heterocycles. The molecule has 1 atom stereocenters. The zero-order valence-electron chi connectivity index (χ0n) is 11.5. The van der Waals surface area contributed by atoms with Gasteiger partial charge < -0.3 is 9.72 Å². The third-order valence-corrected chi connectivity index (χ3v) is 4.06. The highest BCUT2D eigenvalue weighted by Gasteiger charge is 2.21. The molecule has 0 aliphatic carbocycles. The second-order valence-corrected chi connectivity index (χ2v) is 5.37. The Morgan fingerprint density at radius 3 is 2.85 bits per heavy atom.